The number of hydrogen-bond donors (Lipinski definition) is 1. The van der Waals surface area contributed by atoms with Crippen molar-refractivity contribution in [3.8, 4) is 0 Å². The minimum atomic E-state index is -1.10. The van der Waals surface area contributed by atoms with Gasteiger partial charge in [0.15, 0.2) is 0 Å². The SMILES string of the molecule is CN1CCC(C(=O)N[C@H](COCc2ccccc2)C(=O)N2CCC3(CC2)CN(S(C)=O)c2ccccc23)CC1. The van der Waals surface area contributed by atoms with Gasteiger partial charge in [-0.3, -0.25) is 13.9 Å². The van der Waals surface area contributed by atoms with Crippen LogP contribution < -0.4 is 9.62 Å². The van der Waals surface area contributed by atoms with Crippen molar-refractivity contribution < 1.29 is 18.5 Å². The average Bonchev–Trinajstić information content (AvgIpc) is 3.27. The van der Waals surface area contributed by atoms with Gasteiger partial charge in [0.25, 0.3) is 0 Å². The van der Waals surface area contributed by atoms with Gasteiger partial charge < -0.3 is 19.9 Å². The number of hydrogen-bond acceptors (Lipinski definition) is 5. The topological polar surface area (TPSA) is 82.2 Å². The Morgan fingerprint density at radius 3 is 2.38 bits per heavy atom. The molecule has 2 aromatic rings. The lowest BCUT2D eigenvalue weighted by molar-refractivity contribution is -0.141. The Kier molecular flexibility index (Phi) is 8.69. The highest BCUT2D eigenvalue weighted by Crippen LogP contribution is 2.47. The first-order valence-electron chi connectivity index (χ1n) is 14.0. The van der Waals surface area contributed by atoms with Crippen molar-refractivity contribution in [1.29, 1.82) is 0 Å². The van der Waals surface area contributed by atoms with Crippen molar-refractivity contribution in [3.05, 3.63) is 65.7 Å². The molecule has 1 unspecified atom stereocenters. The van der Waals surface area contributed by atoms with Gasteiger partial charge in [0.2, 0.25) is 11.8 Å². The van der Waals surface area contributed by atoms with E-state index in [0.29, 0.717) is 26.2 Å². The van der Waals surface area contributed by atoms with Gasteiger partial charge >= 0.3 is 0 Å². The lowest BCUT2D eigenvalue weighted by atomic mass is 9.74. The Hall–Kier alpha value is -2.75. The molecule has 3 heterocycles. The number of benzene rings is 2. The number of anilines is 1. The average molecular weight is 553 g/mol. The monoisotopic (exact) mass is 552 g/mol. The highest BCUT2D eigenvalue weighted by atomic mass is 32.2. The van der Waals surface area contributed by atoms with Crippen molar-refractivity contribution in [1.82, 2.24) is 15.1 Å². The van der Waals surface area contributed by atoms with E-state index in [2.05, 4.69) is 23.3 Å². The second-order valence-electron chi connectivity index (χ2n) is 11.2. The molecule has 2 amide bonds. The summed E-state index contributed by atoms with van der Waals surface area (Å²) in [5, 5.41) is 3.06. The first-order chi connectivity index (χ1) is 18.9. The summed E-state index contributed by atoms with van der Waals surface area (Å²) in [5.41, 5.74) is 3.18. The summed E-state index contributed by atoms with van der Waals surface area (Å²) in [6.07, 6.45) is 4.92. The van der Waals surface area contributed by atoms with E-state index in [-0.39, 0.29) is 29.8 Å². The van der Waals surface area contributed by atoms with E-state index in [0.717, 1.165) is 50.0 Å². The van der Waals surface area contributed by atoms with Crippen molar-refractivity contribution in [2.45, 2.75) is 43.7 Å². The molecule has 210 valence electrons. The van der Waals surface area contributed by atoms with Gasteiger partial charge in [0.05, 0.1) is 18.9 Å². The maximum absolute atomic E-state index is 13.8. The van der Waals surface area contributed by atoms with Gasteiger partial charge in [0.1, 0.15) is 17.0 Å². The molecule has 3 aliphatic rings. The molecule has 8 nitrogen and oxygen atoms in total. The van der Waals surface area contributed by atoms with E-state index >= 15 is 0 Å². The molecule has 0 aliphatic carbocycles. The number of likely N-dealkylation sites (tertiary alicyclic amines) is 2. The van der Waals surface area contributed by atoms with E-state index in [4.69, 9.17) is 4.74 Å². The van der Waals surface area contributed by atoms with Crippen molar-refractivity contribution in [2.75, 3.05) is 56.9 Å². The predicted molar refractivity (Wildman–Crippen MR) is 154 cm³/mol. The molecule has 1 spiro atoms. The summed E-state index contributed by atoms with van der Waals surface area (Å²) in [6.45, 7) is 4.19. The first-order valence-corrected chi connectivity index (χ1v) is 15.5. The lowest BCUT2D eigenvalue weighted by Gasteiger charge is -2.41. The molecule has 2 atom stereocenters. The number of rotatable bonds is 8. The van der Waals surface area contributed by atoms with Gasteiger partial charge in [-0.1, -0.05) is 48.5 Å². The molecule has 9 heteroatoms. The Labute approximate surface area is 234 Å². The van der Waals surface area contributed by atoms with E-state index in [1.54, 1.807) is 6.26 Å². The first kappa shape index (κ1) is 27.8. The zero-order chi connectivity index (χ0) is 27.4. The maximum Gasteiger partial charge on any atom is 0.247 e. The molecule has 0 radical (unpaired) electrons. The molecule has 2 fully saturated rings. The number of carbonyl (C=O) groups is 2. The van der Waals surface area contributed by atoms with Crippen LogP contribution in [0.5, 0.6) is 0 Å². The number of piperidine rings is 2. The number of amides is 2. The van der Waals surface area contributed by atoms with Crippen LogP contribution in [0.15, 0.2) is 54.6 Å². The third kappa shape index (κ3) is 6.21. The fourth-order valence-electron chi connectivity index (χ4n) is 6.22. The summed E-state index contributed by atoms with van der Waals surface area (Å²) in [5.74, 6) is -0.212. The van der Waals surface area contributed by atoms with Crippen LogP contribution in [0.25, 0.3) is 0 Å². The zero-order valence-electron chi connectivity index (χ0n) is 23.0. The number of nitrogens with one attached hydrogen (secondary N) is 1. The van der Waals surface area contributed by atoms with Crippen LogP contribution in [-0.2, 0) is 37.3 Å². The van der Waals surface area contributed by atoms with Crippen LogP contribution >= 0.6 is 0 Å². The fourth-order valence-corrected chi connectivity index (χ4v) is 7.09. The highest BCUT2D eigenvalue weighted by Gasteiger charge is 2.46. The third-order valence-corrected chi connectivity index (χ3v) is 9.58. The Bertz CT molecular complexity index is 1180. The standard InChI is InChI=1S/C30H40N4O4S/c1-32-16-12-24(13-17-32)28(35)31-26(21-38-20-23-8-4-3-5-9-23)29(36)33-18-14-30(15-19-33)22-34(39(2)37)27-11-7-6-10-25(27)30/h3-11,24,26H,12-22H2,1-2H3,(H,31,35)/t26-,39?/m1/s1. The molecule has 0 bridgehead atoms. The maximum atomic E-state index is 13.8. The molecular weight excluding hydrogens is 512 g/mol. The van der Waals surface area contributed by atoms with E-state index in [1.807, 2.05) is 57.7 Å². The quantitative estimate of drug-likeness (QED) is 0.545. The van der Waals surface area contributed by atoms with E-state index in [1.165, 1.54) is 5.56 Å². The molecule has 5 rings (SSSR count). The number of para-hydroxylation sites is 1. The summed E-state index contributed by atoms with van der Waals surface area (Å²) >= 11 is 0. The fraction of sp³-hybridized carbons (Fsp3) is 0.533. The van der Waals surface area contributed by atoms with Crippen LogP contribution in [0, 0.1) is 5.92 Å². The van der Waals surface area contributed by atoms with Crippen LogP contribution in [0.1, 0.15) is 36.8 Å². The molecule has 0 saturated carbocycles. The summed E-state index contributed by atoms with van der Waals surface area (Å²) in [7, 11) is 0.970. The Balaban J connectivity index is 1.25. The lowest BCUT2D eigenvalue weighted by Crippen LogP contribution is -2.56. The normalized spacial score (nSPS) is 21.0. The van der Waals surface area contributed by atoms with E-state index < -0.39 is 17.0 Å². The molecule has 3 aliphatic heterocycles. The molecular formula is C30H40N4O4S. The predicted octanol–water partition coefficient (Wildman–Crippen LogP) is 2.70. The second-order valence-corrected chi connectivity index (χ2v) is 12.5. The largest absolute Gasteiger partial charge is 0.374 e. The highest BCUT2D eigenvalue weighted by molar-refractivity contribution is 7.85. The van der Waals surface area contributed by atoms with Crippen LogP contribution in [-0.4, -0.2) is 84.5 Å². The summed E-state index contributed by atoms with van der Waals surface area (Å²) < 4.78 is 20.4. The van der Waals surface area contributed by atoms with Crippen LogP contribution in [0.2, 0.25) is 0 Å². The number of carbonyl (C=O) groups excluding carboxylic acids is 2. The van der Waals surface area contributed by atoms with E-state index in [9.17, 15) is 13.8 Å². The Morgan fingerprint density at radius 2 is 1.69 bits per heavy atom. The summed E-state index contributed by atoms with van der Waals surface area (Å²) in [4.78, 5) is 31.1. The van der Waals surface area contributed by atoms with Gasteiger partial charge in [-0.25, -0.2) is 4.21 Å². The van der Waals surface area contributed by atoms with Gasteiger partial charge in [0, 0.05) is 37.2 Å². The van der Waals surface area contributed by atoms with Gasteiger partial charge in [-0.15, -0.1) is 0 Å². The van der Waals surface area contributed by atoms with Gasteiger partial charge in [-0.05, 0) is 63.0 Å². The van der Waals surface area contributed by atoms with Crippen LogP contribution in [0.4, 0.5) is 5.69 Å². The number of nitrogens with zero attached hydrogens (tertiary/aromatic N) is 3. The molecule has 2 saturated heterocycles. The van der Waals surface area contributed by atoms with Gasteiger partial charge in [-0.2, -0.15) is 0 Å². The van der Waals surface area contributed by atoms with Crippen molar-refractivity contribution in [3.63, 3.8) is 0 Å². The third-order valence-electron chi connectivity index (χ3n) is 8.63. The van der Waals surface area contributed by atoms with Crippen molar-refractivity contribution >= 4 is 28.5 Å². The number of fused-ring (bicyclic) bond motifs is 2. The minimum absolute atomic E-state index is 0.0518. The minimum Gasteiger partial charge on any atom is -0.374 e. The molecule has 2 aromatic carbocycles. The Morgan fingerprint density at radius 1 is 1.03 bits per heavy atom. The summed E-state index contributed by atoms with van der Waals surface area (Å²) in [6, 6.07) is 17.4. The molecule has 1 N–H and O–H groups in total. The van der Waals surface area contributed by atoms with Crippen LogP contribution in [0.3, 0.4) is 0 Å². The van der Waals surface area contributed by atoms with Crippen molar-refractivity contribution in [2.24, 2.45) is 5.92 Å². The second kappa shape index (κ2) is 12.2. The molecule has 39 heavy (non-hydrogen) atoms. The number of ether oxygens (including phenoxy) is 1. The smallest absolute Gasteiger partial charge is 0.247 e. The molecule has 0 aromatic heterocycles. The zero-order valence-corrected chi connectivity index (χ0v) is 23.8.